The molecule has 1 saturated carbocycles. The van der Waals surface area contributed by atoms with E-state index in [0.29, 0.717) is 11.6 Å². The summed E-state index contributed by atoms with van der Waals surface area (Å²) in [5.41, 5.74) is 3.38. The lowest BCUT2D eigenvalue weighted by atomic mass is 10.0. The predicted octanol–water partition coefficient (Wildman–Crippen LogP) is 2.19. The Kier molecular flexibility index (Phi) is 5.07. The van der Waals surface area contributed by atoms with E-state index >= 15 is 0 Å². The highest BCUT2D eigenvalue weighted by Gasteiger charge is 2.28. The molecule has 8 nitrogen and oxygen atoms in total. The van der Waals surface area contributed by atoms with Crippen LogP contribution in [-0.2, 0) is 17.1 Å². The number of carbonyl (C=O) groups is 1. The lowest BCUT2D eigenvalue weighted by Crippen LogP contribution is -2.32. The molecule has 3 aromatic rings. The van der Waals surface area contributed by atoms with Crippen molar-refractivity contribution < 1.29 is 13.2 Å². The molecule has 1 aliphatic carbocycles. The fourth-order valence-electron chi connectivity index (χ4n) is 3.35. The van der Waals surface area contributed by atoms with Crippen LogP contribution >= 0.6 is 0 Å². The lowest BCUT2D eigenvalue weighted by molar-refractivity contribution is 0.0981. The smallest absolute Gasteiger partial charge is 0.266 e. The van der Waals surface area contributed by atoms with E-state index < -0.39 is 15.9 Å². The summed E-state index contributed by atoms with van der Waals surface area (Å²) in [6.07, 6.45) is 7.39. The molecule has 0 spiro atoms. The quantitative estimate of drug-likeness (QED) is 0.651. The first kappa shape index (κ1) is 20.1. The summed E-state index contributed by atoms with van der Waals surface area (Å²) < 4.78 is 28.8. The van der Waals surface area contributed by atoms with E-state index in [1.807, 2.05) is 6.20 Å². The number of hydrogen-bond acceptors (Lipinski definition) is 5. The number of amides is 1. The Morgan fingerprint density at radius 1 is 1.23 bits per heavy atom. The first-order valence-corrected chi connectivity index (χ1v) is 11.3. The lowest BCUT2D eigenvalue weighted by Gasteiger charge is -2.10. The van der Waals surface area contributed by atoms with Crippen LogP contribution < -0.4 is 10.3 Å². The molecule has 0 radical (unpaired) electrons. The number of nitrogens with one attached hydrogen (secondary N) is 1. The van der Waals surface area contributed by atoms with Crippen LogP contribution in [0.1, 0.15) is 41.6 Å². The zero-order valence-corrected chi connectivity index (χ0v) is 17.5. The molecular formula is C21H22N4O4S. The second-order valence-electron chi connectivity index (χ2n) is 7.39. The highest BCUT2D eigenvalue weighted by atomic mass is 32.2. The van der Waals surface area contributed by atoms with E-state index in [4.69, 9.17) is 0 Å². The summed E-state index contributed by atoms with van der Waals surface area (Å²) in [6.45, 7) is 1.46. The van der Waals surface area contributed by atoms with Crippen molar-refractivity contribution in [3.8, 4) is 16.8 Å². The molecule has 1 aromatic carbocycles. The topological polar surface area (TPSA) is 103 Å². The molecule has 1 amide bonds. The Morgan fingerprint density at radius 2 is 1.97 bits per heavy atom. The largest absolute Gasteiger partial charge is 0.318 e. The number of para-hydroxylation sites is 1. The molecule has 0 aliphatic heterocycles. The predicted molar refractivity (Wildman–Crippen MR) is 113 cm³/mol. The molecule has 1 fully saturated rings. The number of hydrogen-bond donors (Lipinski definition) is 1. The summed E-state index contributed by atoms with van der Waals surface area (Å²) in [5, 5.41) is 4.40. The van der Waals surface area contributed by atoms with Gasteiger partial charge < -0.3 is 4.57 Å². The second-order valence-corrected chi connectivity index (χ2v) is 9.40. The van der Waals surface area contributed by atoms with Crippen LogP contribution in [-0.4, -0.2) is 34.4 Å². The van der Waals surface area contributed by atoms with Gasteiger partial charge in [0.05, 0.1) is 23.2 Å². The number of benzene rings is 1. The van der Waals surface area contributed by atoms with Crippen LogP contribution in [0.5, 0.6) is 0 Å². The summed E-state index contributed by atoms with van der Waals surface area (Å²) in [6, 6.07) is 8.36. The minimum absolute atomic E-state index is 0.0489. The molecule has 2 aromatic heterocycles. The second kappa shape index (κ2) is 7.56. The fraction of sp³-hybridized carbons (Fsp3) is 0.286. The van der Waals surface area contributed by atoms with Crippen LogP contribution in [0.4, 0.5) is 0 Å². The van der Waals surface area contributed by atoms with Gasteiger partial charge in [0, 0.05) is 36.6 Å². The van der Waals surface area contributed by atoms with E-state index in [0.717, 1.165) is 29.5 Å². The summed E-state index contributed by atoms with van der Waals surface area (Å²) in [4.78, 5) is 24.6. The molecule has 30 heavy (non-hydrogen) atoms. The molecule has 156 valence electrons. The van der Waals surface area contributed by atoms with Crippen molar-refractivity contribution in [1.29, 1.82) is 0 Å². The van der Waals surface area contributed by atoms with Crippen molar-refractivity contribution in [1.82, 2.24) is 19.1 Å². The number of sulfonamides is 1. The van der Waals surface area contributed by atoms with Gasteiger partial charge in [0.1, 0.15) is 0 Å². The van der Waals surface area contributed by atoms with Crippen molar-refractivity contribution in [2.45, 2.75) is 25.7 Å². The third-order valence-electron chi connectivity index (χ3n) is 5.19. The average molecular weight is 426 g/mol. The molecule has 0 saturated heterocycles. The first-order chi connectivity index (χ1) is 14.3. The van der Waals surface area contributed by atoms with Crippen molar-refractivity contribution in [2.24, 2.45) is 7.05 Å². The summed E-state index contributed by atoms with van der Waals surface area (Å²) in [5.74, 6) is -0.511. The minimum Gasteiger partial charge on any atom is -0.318 e. The maximum atomic E-state index is 12.6. The van der Waals surface area contributed by atoms with Crippen LogP contribution in [0.25, 0.3) is 16.8 Å². The summed E-state index contributed by atoms with van der Waals surface area (Å²) >= 11 is 0. The zero-order valence-electron chi connectivity index (χ0n) is 16.7. The molecule has 0 unspecified atom stereocenters. The third kappa shape index (κ3) is 3.93. The Labute approximate surface area is 174 Å². The van der Waals surface area contributed by atoms with Crippen LogP contribution in [0.3, 0.4) is 0 Å². The van der Waals surface area contributed by atoms with E-state index in [1.54, 1.807) is 54.5 Å². The van der Waals surface area contributed by atoms with Gasteiger partial charge in [0.2, 0.25) is 10.0 Å². The maximum absolute atomic E-state index is 12.6. The molecule has 2 heterocycles. The van der Waals surface area contributed by atoms with Gasteiger partial charge in [-0.05, 0) is 43.4 Å². The van der Waals surface area contributed by atoms with Crippen molar-refractivity contribution >= 4 is 15.9 Å². The van der Waals surface area contributed by atoms with E-state index in [-0.39, 0.29) is 16.9 Å². The first-order valence-electron chi connectivity index (χ1n) is 9.69. The average Bonchev–Trinajstić information content (AvgIpc) is 3.45. The zero-order chi connectivity index (χ0) is 21.5. The number of nitrogens with zero attached hydrogens (tertiary/aromatic N) is 3. The van der Waals surface area contributed by atoms with Gasteiger partial charge in [-0.3, -0.25) is 9.59 Å². The van der Waals surface area contributed by atoms with Crippen LogP contribution in [0.15, 0.2) is 53.7 Å². The number of pyridine rings is 1. The van der Waals surface area contributed by atoms with Crippen molar-refractivity contribution in [3.63, 3.8) is 0 Å². The van der Waals surface area contributed by atoms with E-state index in [1.165, 1.54) is 11.5 Å². The number of rotatable bonds is 6. The third-order valence-corrected chi connectivity index (χ3v) is 6.45. The van der Waals surface area contributed by atoms with Gasteiger partial charge in [0.25, 0.3) is 11.5 Å². The van der Waals surface area contributed by atoms with E-state index in [2.05, 4.69) is 9.82 Å². The van der Waals surface area contributed by atoms with Crippen molar-refractivity contribution in [2.75, 3.05) is 5.75 Å². The van der Waals surface area contributed by atoms with Gasteiger partial charge in [-0.15, -0.1) is 0 Å². The monoisotopic (exact) mass is 426 g/mol. The van der Waals surface area contributed by atoms with E-state index in [9.17, 15) is 18.0 Å². The highest BCUT2D eigenvalue weighted by molar-refractivity contribution is 7.90. The number of carbonyl (C=O) groups excluding carboxylic acids is 1. The molecule has 1 aliphatic rings. The number of aromatic nitrogens is 3. The molecule has 0 atom stereocenters. The standard InChI is InChI=1S/C21H22N4O4S/c1-3-30(28,29)23-21(27)16-6-4-5-7-19(16)25-12-15(11-22-25)18-13-24(2)20(26)10-17(18)14-8-9-14/h4-7,10-14H,3,8-9H2,1-2H3,(H,23,27). The Morgan fingerprint density at radius 3 is 2.67 bits per heavy atom. The van der Waals surface area contributed by atoms with Gasteiger partial charge in [-0.25, -0.2) is 17.8 Å². The van der Waals surface area contributed by atoms with Gasteiger partial charge in [-0.2, -0.15) is 5.10 Å². The minimum atomic E-state index is -3.68. The Balaban J connectivity index is 1.74. The van der Waals surface area contributed by atoms with Crippen molar-refractivity contribution in [3.05, 3.63) is 70.4 Å². The normalized spacial score (nSPS) is 13.9. The molecule has 1 N–H and O–H groups in total. The van der Waals surface area contributed by atoms with Crippen LogP contribution in [0.2, 0.25) is 0 Å². The summed E-state index contributed by atoms with van der Waals surface area (Å²) in [7, 11) is -1.97. The highest BCUT2D eigenvalue weighted by Crippen LogP contribution is 2.43. The van der Waals surface area contributed by atoms with Gasteiger partial charge >= 0.3 is 0 Å². The SMILES string of the molecule is CCS(=O)(=O)NC(=O)c1ccccc1-n1cc(-c2cn(C)c(=O)cc2C2CC2)cn1. The number of aryl methyl sites for hydroxylation is 1. The Bertz CT molecular complexity index is 1290. The fourth-order valence-corrected chi connectivity index (χ4v) is 3.88. The van der Waals surface area contributed by atoms with Gasteiger partial charge in [-0.1, -0.05) is 12.1 Å². The molecular weight excluding hydrogens is 404 g/mol. The molecule has 9 heteroatoms. The van der Waals surface area contributed by atoms with Crippen LogP contribution in [0, 0.1) is 0 Å². The Hall–Kier alpha value is -3.20. The maximum Gasteiger partial charge on any atom is 0.266 e. The van der Waals surface area contributed by atoms with Gasteiger partial charge in [0.15, 0.2) is 0 Å². The molecule has 4 rings (SSSR count). The molecule has 0 bridgehead atoms.